The van der Waals surface area contributed by atoms with Crippen molar-refractivity contribution >= 4 is 23.4 Å². The normalized spacial score (nSPS) is 11.7. The van der Waals surface area contributed by atoms with Crippen LogP contribution in [0.25, 0.3) is 0 Å². The molecule has 2 amide bonds. The van der Waals surface area contributed by atoms with E-state index in [0.717, 1.165) is 0 Å². The fraction of sp³-hybridized carbons (Fsp3) is 0.333. The molecule has 104 valence electrons. The molecular weight excluding hydrogens is 272 g/mol. The quantitative estimate of drug-likeness (QED) is 0.569. The second kappa shape index (κ2) is 7.73. The summed E-state index contributed by atoms with van der Waals surface area (Å²) in [6.45, 7) is -0.705. The first-order valence-corrected chi connectivity index (χ1v) is 6.00. The van der Waals surface area contributed by atoms with Crippen molar-refractivity contribution in [1.29, 1.82) is 0 Å². The molecule has 0 heterocycles. The molecule has 0 aliphatic rings. The molecule has 0 saturated carbocycles. The van der Waals surface area contributed by atoms with Crippen LogP contribution in [0, 0.1) is 0 Å². The number of carbonyl (C=O) groups excluding carboxylic acids is 2. The Bertz CT molecular complexity index is 436. The molecule has 0 radical (unpaired) electrons. The third-order valence-corrected chi connectivity index (χ3v) is 2.51. The number of benzene rings is 1. The number of halogens is 1. The zero-order valence-electron chi connectivity index (χ0n) is 10.1. The molecule has 0 aliphatic heterocycles. The summed E-state index contributed by atoms with van der Waals surface area (Å²) in [5.74, 6) is -0.843. The van der Waals surface area contributed by atoms with Gasteiger partial charge < -0.3 is 20.8 Å². The first-order valence-electron chi connectivity index (χ1n) is 5.62. The van der Waals surface area contributed by atoms with Crippen molar-refractivity contribution in [2.24, 2.45) is 0 Å². The summed E-state index contributed by atoms with van der Waals surface area (Å²) >= 11 is 5.69. The Balaban J connectivity index is 2.34. The van der Waals surface area contributed by atoms with Crippen molar-refractivity contribution < 1.29 is 19.8 Å². The van der Waals surface area contributed by atoms with E-state index in [4.69, 9.17) is 21.8 Å². The number of amides is 2. The van der Waals surface area contributed by atoms with Crippen LogP contribution in [0.2, 0.25) is 5.02 Å². The van der Waals surface area contributed by atoms with E-state index in [2.05, 4.69) is 10.6 Å². The van der Waals surface area contributed by atoms with E-state index in [0.29, 0.717) is 10.6 Å². The number of nitrogens with one attached hydrogen (secondary N) is 2. The van der Waals surface area contributed by atoms with Gasteiger partial charge in [0, 0.05) is 17.1 Å². The Morgan fingerprint density at radius 3 is 2.42 bits per heavy atom. The minimum Gasteiger partial charge on any atom is -0.394 e. The van der Waals surface area contributed by atoms with Crippen LogP contribution in [-0.2, 0) is 4.79 Å². The third-order valence-electron chi connectivity index (χ3n) is 2.26. The van der Waals surface area contributed by atoms with Crippen LogP contribution in [0.15, 0.2) is 24.3 Å². The highest BCUT2D eigenvalue weighted by atomic mass is 35.5. The van der Waals surface area contributed by atoms with E-state index < -0.39 is 24.5 Å². The largest absolute Gasteiger partial charge is 0.394 e. The van der Waals surface area contributed by atoms with Crippen LogP contribution in [0.5, 0.6) is 0 Å². The highest BCUT2D eigenvalue weighted by Crippen LogP contribution is 2.09. The Labute approximate surface area is 115 Å². The number of aliphatic hydroxyl groups excluding tert-OH is 2. The predicted molar refractivity (Wildman–Crippen MR) is 69.9 cm³/mol. The molecule has 0 aliphatic carbocycles. The van der Waals surface area contributed by atoms with E-state index in [1.54, 1.807) is 24.3 Å². The van der Waals surface area contributed by atoms with Gasteiger partial charge in [0.1, 0.15) is 0 Å². The number of hydrogen-bond acceptors (Lipinski definition) is 4. The van der Waals surface area contributed by atoms with Crippen molar-refractivity contribution in [2.45, 2.75) is 6.10 Å². The van der Waals surface area contributed by atoms with Crippen molar-refractivity contribution in [2.75, 3.05) is 19.7 Å². The van der Waals surface area contributed by atoms with Gasteiger partial charge in [-0.05, 0) is 24.3 Å². The highest BCUT2D eigenvalue weighted by molar-refractivity contribution is 6.30. The second-order valence-corrected chi connectivity index (χ2v) is 4.27. The van der Waals surface area contributed by atoms with Crippen molar-refractivity contribution in [1.82, 2.24) is 10.6 Å². The topological polar surface area (TPSA) is 98.7 Å². The van der Waals surface area contributed by atoms with Crippen LogP contribution in [0.3, 0.4) is 0 Å². The predicted octanol–water partition coefficient (Wildman–Crippen LogP) is -0.461. The van der Waals surface area contributed by atoms with E-state index in [1.165, 1.54) is 0 Å². The molecule has 1 aromatic rings. The van der Waals surface area contributed by atoms with Gasteiger partial charge in [-0.25, -0.2) is 0 Å². The van der Waals surface area contributed by atoms with Crippen LogP contribution < -0.4 is 10.6 Å². The van der Waals surface area contributed by atoms with Gasteiger partial charge in [0.15, 0.2) is 0 Å². The Hall–Kier alpha value is -1.63. The van der Waals surface area contributed by atoms with Crippen LogP contribution in [0.1, 0.15) is 10.4 Å². The lowest BCUT2D eigenvalue weighted by Gasteiger charge is -2.09. The lowest BCUT2D eigenvalue weighted by Crippen LogP contribution is -2.40. The summed E-state index contributed by atoms with van der Waals surface area (Å²) in [5, 5.41) is 22.9. The molecule has 1 rings (SSSR count). The summed E-state index contributed by atoms with van der Waals surface area (Å²) in [6, 6.07) is 6.25. The molecule has 0 saturated heterocycles. The van der Waals surface area contributed by atoms with Gasteiger partial charge in [-0.3, -0.25) is 9.59 Å². The van der Waals surface area contributed by atoms with Gasteiger partial charge in [-0.2, -0.15) is 0 Å². The van der Waals surface area contributed by atoms with Gasteiger partial charge >= 0.3 is 0 Å². The first kappa shape index (κ1) is 15.4. The van der Waals surface area contributed by atoms with Gasteiger partial charge in [-0.15, -0.1) is 0 Å². The maximum Gasteiger partial charge on any atom is 0.251 e. The molecular formula is C12H15ClN2O4. The number of hydrogen-bond donors (Lipinski definition) is 4. The summed E-state index contributed by atoms with van der Waals surface area (Å²) < 4.78 is 0. The molecule has 6 nitrogen and oxygen atoms in total. The fourth-order valence-electron chi connectivity index (χ4n) is 1.22. The molecule has 1 unspecified atom stereocenters. The van der Waals surface area contributed by atoms with Crippen LogP contribution >= 0.6 is 11.6 Å². The minimum absolute atomic E-state index is 0.0633. The minimum atomic E-state index is -1.00. The first-order chi connectivity index (χ1) is 9.02. The van der Waals surface area contributed by atoms with Crippen molar-refractivity contribution in [3.63, 3.8) is 0 Å². The maximum absolute atomic E-state index is 11.6. The van der Waals surface area contributed by atoms with E-state index in [9.17, 15) is 9.59 Å². The smallest absolute Gasteiger partial charge is 0.251 e. The Morgan fingerprint density at radius 1 is 1.21 bits per heavy atom. The average molecular weight is 287 g/mol. The van der Waals surface area contributed by atoms with Crippen LogP contribution in [-0.4, -0.2) is 47.8 Å². The van der Waals surface area contributed by atoms with Gasteiger partial charge in [0.2, 0.25) is 5.91 Å². The van der Waals surface area contributed by atoms with E-state index in [-0.39, 0.29) is 13.1 Å². The lowest BCUT2D eigenvalue weighted by molar-refractivity contribution is -0.120. The molecule has 0 aromatic heterocycles. The van der Waals surface area contributed by atoms with Gasteiger partial charge in [0.25, 0.3) is 5.91 Å². The number of rotatable bonds is 6. The molecule has 0 spiro atoms. The van der Waals surface area contributed by atoms with Crippen molar-refractivity contribution in [3.05, 3.63) is 34.9 Å². The van der Waals surface area contributed by atoms with Gasteiger partial charge in [-0.1, -0.05) is 11.6 Å². The van der Waals surface area contributed by atoms with Crippen LogP contribution in [0.4, 0.5) is 0 Å². The molecule has 1 aromatic carbocycles. The molecule has 0 bridgehead atoms. The molecule has 1 atom stereocenters. The van der Waals surface area contributed by atoms with E-state index >= 15 is 0 Å². The fourth-order valence-corrected chi connectivity index (χ4v) is 1.35. The standard InChI is InChI=1S/C12H15ClN2O4/c13-9-3-1-8(2-4-9)12(19)15-6-11(18)14-5-10(17)7-16/h1-4,10,16-17H,5-7H2,(H,14,18)(H,15,19). The summed E-state index contributed by atoms with van der Waals surface area (Å²) in [5.41, 5.74) is 0.396. The average Bonchev–Trinajstić information content (AvgIpc) is 2.42. The monoisotopic (exact) mass is 286 g/mol. The zero-order valence-corrected chi connectivity index (χ0v) is 10.9. The summed E-state index contributed by atoms with van der Waals surface area (Å²) in [7, 11) is 0. The summed E-state index contributed by atoms with van der Waals surface area (Å²) in [4.78, 5) is 22.9. The summed E-state index contributed by atoms with van der Waals surface area (Å²) in [6.07, 6.45) is -1.00. The SMILES string of the molecule is O=C(CNC(=O)c1ccc(Cl)cc1)NCC(O)CO. The molecule has 19 heavy (non-hydrogen) atoms. The zero-order chi connectivity index (χ0) is 14.3. The molecule has 7 heteroatoms. The lowest BCUT2D eigenvalue weighted by atomic mass is 10.2. The highest BCUT2D eigenvalue weighted by Gasteiger charge is 2.09. The van der Waals surface area contributed by atoms with E-state index in [1.807, 2.05) is 0 Å². The number of aliphatic hydroxyl groups is 2. The van der Waals surface area contributed by atoms with Gasteiger partial charge in [0.05, 0.1) is 19.3 Å². The third kappa shape index (κ3) is 5.69. The van der Waals surface area contributed by atoms with Crippen molar-refractivity contribution in [3.8, 4) is 0 Å². The second-order valence-electron chi connectivity index (χ2n) is 3.83. The number of carbonyl (C=O) groups is 2. The maximum atomic E-state index is 11.6. The molecule has 4 N–H and O–H groups in total. The Kier molecular flexibility index (Phi) is 6.27. The Morgan fingerprint density at radius 2 is 1.84 bits per heavy atom. The molecule has 0 fully saturated rings.